The molecule has 27 heavy (non-hydrogen) atoms. The first kappa shape index (κ1) is 19.8. The Bertz CT molecular complexity index is 955. The number of nitrogens with one attached hydrogen (secondary N) is 1. The third-order valence-electron chi connectivity index (χ3n) is 3.80. The zero-order chi connectivity index (χ0) is 19.2. The highest BCUT2D eigenvalue weighted by Gasteiger charge is 2.11. The van der Waals surface area contributed by atoms with E-state index in [1.807, 2.05) is 48.0 Å². The minimum absolute atomic E-state index is 0.469. The number of anilines is 1. The van der Waals surface area contributed by atoms with E-state index in [9.17, 15) is 0 Å². The summed E-state index contributed by atoms with van der Waals surface area (Å²) in [6.07, 6.45) is 1.84. The quantitative estimate of drug-likeness (QED) is 0.279. The number of halogens is 2. The van der Waals surface area contributed by atoms with Crippen LogP contribution < -0.4 is 5.32 Å². The van der Waals surface area contributed by atoms with Crippen molar-refractivity contribution in [3.05, 3.63) is 86.0 Å². The molecule has 0 aliphatic heterocycles. The van der Waals surface area contributed by atoms with Crippen LogP contribution in [-0.2, 0) is 6.54 Å². The Hall–Kier alpha value is -1.92. The number of thiophene rings is 1. The number of aryl methyl sites for hydroxylation is 1. The highest BCUT2D eigenvalue weighted by Crippen LogP contribution is 2.25. The van der Waals surface area contributed by atoms with Crippen LogP contribution in [0.3, 0.4) is 0 Å². The summed E-state index contributed by atoms with van der Waals surface area (Å²) in [6, 6.07) is 17.4. The van der Waals surface area contributed by atoms with Crippen LogP contribution in [0.2, 0.25) is 10.0 Å². The molecule has 0 aliphatic rings. The number of hydrogen-bond acceptors (Lipinski definition) is 3. The molecule has 3 aromatic rings. The Morgan fingerprint density at radius 1 is 1.15 bits per heavy atom. The van der Waals surface area contributed by atoms with Gasteiger partial charge in [0, 0.05) is 10.6 Å². The second kappa shape index (κ2) is 9.33. The first-order valence-electron chi connectivity index (χ1n) is 8.18. The Kier molecular flexibility index (Phi) is 6.85. The Labute approximate surface area is 178 Å². The minimum atomic E-state index is 0.469. The molecular formula is C20H17Cl2N3S2. The molecule has 0 radical (unpaired) electrons. The molecule has 0 amide bonds. The number of rotatable bonds is 5. The Morgan fingerprint density at radius 2 is 1.93 bits per heavy atom. The summed E-state index contributed by atoms with van der Waals surface area (Å²) in [6.45, 7) is 2.61. The van der Waals surface area contributed by atoms with Crippen LogP contribution in [0.1, 0.15) is 16.0 Å². The van der Waals surface area contributed by atoms with E-state index < -0.39 is 0 Å². The molecule has 0 fully saturated rings. The van der Waals surface area contributed by atoms with Gasteiger partial charge in [-0.1, -0.05) is 53.5 Å². The second-order valence-electron chi connectivity index (χ2n) is 5.81. The molecule has 0 spiro atoms. The highest BCUT2D eigenvalue weighted by molar-refractivity contribution is 7.80. The smallest absolute Gasteiger partial charge is 0.194 e. The third kappa shape index (κ3) is 5.53. The monoisotopic (exact) mass is 433 g/mol. The highest BCUT2D eigenvalue weighted by atomic mass is 35.5. The van der Waals surface area contributed by atoms with Gasteiger partial charge in [0.15, 0.2) is 5.11 Å². The van der Waals surface area contributed by atoms with E-state index in [2.05, 4.69) is 23.4 Å². The Morgan fingerprint density at radius 3 is 2.59 bits per heavy atom. The predicted molar refractivity (Wildman–Crippen MR) is 121 cm³/mol. The van der Waals surface area contributed by atoms with Gasteiger partial charge < -0.3 is 5.32 Å². The lowest BCUT2D eigenvalue weighted by Gasteiger charge is -2.21. The SMILES string of the molecule is Cc1ccsc1/C=N/N(Cc1ccccc1)C(=S)Nc1ccc(Cl)c(Cl)c1. The van der Waals surface area contributed by atoms with Gasteiger partial charge in [0.1, 0.15) is 0 Å². The largest absolute Gasteiger partial charge is 0.331 e. The van der Waals surface area contributed by atoms with Crippen molar-refractivity contribution in [1.82, 2.24) is 5.01 Å². The summed E-state index contributed by atoms with van der Waals surface area (Å²) in [4.78, 5) is 1.10. The molecule has 0 unspecified atom stereocenters. The zero-order valence-electron chi connectivity index (χ0n) is 14.5. The van der Waals surface area contributed by atoms with Crippen LogP contribution in [0, 0.1) is 6.92 Å². The topological polar surface area (TPSA) is 27.6 Å². The number of thiocarbonyl (C=S) groups is 1. The van der Waals surface area contributed by atoms with Crippen LogP contribution in [0.4, 0.5) is 5.69 Å². The molecule has 0 aliphatic carbocycles. The first-order chi connectivity index (χ1) is 13.0. The summed E-state index contributed by atoms with van der Waals surface area (Å²) in [7, 11) is 0. The van der Waals surface area contributed by atoms with Gasteiger partial charge in [0.05, 0.1) is 22.8 Å². The van der Waals surface area contributed by atoms with Crippen molar-refractivity contribution in [2.24, 2.45) is 5.10 Å². The van der Waals surface area contributed by atoms with E-state index in [1.165, 1.54) is 5.56 Å². The van der Waals surface area contributed by atoms with Crippen molar-refractivity contribution >= 4 is 63.8 Å². The van der Waals surface area contributed by atoms with Crippen LogP contribution in [0.25, 0.3) is 0 Å². The molecule has 0 bridgehead atoms. The van der Waals surface area contributed by atoms with Gasteiger partial charge in [0.25, 0.3) is 0 Å². The molecule has 7 heteroatoms. The fraction of sp³-hybridized carbons (Fsp3) is 0.100. The zero-order valence-corrected chi connectivity index (χ0v) is 17.7. The number of hydrazone groups is 1. The molecule has 3 nitrogen and oxygen atoms in total. The van der Waals surface area contributed by atoms with E-state index in [4.69, 9.17) is 35.4 Å². The fourth-order valence-electron chi connectivity index (χ4n) is 2.32. The van der Waals surface area contributed by atoms with Crippen LogP contribution in [0.5, 0.6) is 0 Å². The normalized spacial score (nSPS) is 10.9. The summed E-state index contributed by atoms with van der Waals surface area (Å²) >= 11 is 19.3. The molecular weight excluding hydrogens is 417 g/mol. The van der Waals surface area contributed by atoms with E-state index in [0.29, 0.717) is 21.7 Å². The maximum absolute atomic E-state index is 6.10. The van der Waals surface area contributed by atoms with Crippen LogP contribution in [-0.4, -0.2) is 16.3 Å². The molecule has 1 N–H and O–H groups in total. The lowest BCUT2D eigenvalue weighted by atomic mass is 10.2. The number of hydrogen-bond donors (Lipinski definition) is 1. The van der Waals surface area contributed by atoms with E-state index >= 15 is 0 Å². The van der Waals surface area contributed by atoms with E-state index in [0.717, 1.165) is 16.1 Å². The van der Waals surface area contributed by atoms with Gasteiger partial charge in [-0.2, -0.15) is 5.10 Å². The van der Waals surface area contributed by atoms with Crippen molar-refractivity contribution in [1.29, 1.82) is 0 Å². The molecule has 2 aromatic carbocycles. The van der Waals surface area contributed by atoms with Gasteiger partial charge in [-0.15, -0.1) is 11.3 Å². The van der Waals surface area contributed by atoms with Crippen molar-refractivity contribution < 1.29 is 0 Å². The van der Waals surface area contributed by atoms with Crippen molar-refractivity contribution in [3.63, 3.8) is 0 Å². The van der Waals surface area contributed by atoms with Crippen molar-refractivity contribution in [2.75, 3.05) is 5.32 Å². The summed E-state index contributed by atoms with van der Waals surface area (Å²) < 4.78 is 0. The molecule has 1 aromatic heterocycles. The van der Waals surface area contributed by atoms with Gasteiger partial charge in [0.2, 0.25) is 0 Å². The van der Waals surface area contributed by atoms with Gasteiger partial charge >= 0.3 is 0 Å². The summed E-state index contributed by atoms with van der Waals surface area (Å²) in [5.74, 6) is 0. The maximum atomic E-state index is 6.10. The van der Waals surface area contributed by atoms with Crippen LogP contribution >= 0.6 is 46.8 Å². The van der Waals surface area contributed by atoms with Gasteiger partial charge in [-0.05, 0) is 59.9 Å². The fourth-order valence-corrected chi connectivity index (χ4v) is 3.63. The molecule has 3 rings (SSSR count). The average Bonchev–Trinajstić information content (AvgIpc) is 3.07. The Balaban J connectivity index is 1.81. The average molecular weight is 434 g/mol. The van der Waals surface area contributed by atoms with Crippen molar-refractivity contribution in [3.8, 4) is 0 Å². The van der Waals surface area contributed by atoms with E-state index in [1.54, 1.807) is 28.5 Å². The molecule has 0 saturated heterocycles. The summed E-state index contributed by atoms with van der Waals surface area (Å²) in [5.41, 5.74) is 3.05. The lowest BCUT2D eigenvalue weighted by Crippen LogP contribution is -2.30. The standard InChI is InChI=1S/C20H17Cl2N3S2/c1-14-9-10-27-19(14)12-23-25(13-15-5-3-2-4-6-15)20(26)24-16-7-8-17(21)18(22)11-16/h2-12H,13H2,1H3,(H,24,26)/b23-12+. The molecule has 138 valence electrons. The molecule has 0 atom stereocenters. The third-order valence-corrected chi connectivity index (χ3v) is 5.80. The molecule has 0 saturated carbocycles. The van der Waals surface area contributed by atoms with Gasteiger partial charge in [-0.3, -0.25) is 0 Å². The molecule has 1 heterocycles. The number of benzene rings is 2. The first-order valence-corrected chi connectivity index (χ1v) is 10.2. The minimum Gasteiger partial charge on any atom is -0.331 e. The van der Waals surface area contributed by atoms with Crippen molar-refractivity contribution in [2.45, 2.75) is 13.5 Å². The van der Waals surface area contributed by atoms with Crippen LogP contribution in [0.15, 0.2) is 65.1 Å². The number of nitrogens with zero attached hydrogens (tertiary/aromatic N) is 2. The van der Waals surface area contributed by atoms with E-state index in [-0.39, 0.29) is 0 Å². The maximum Gasteiger partial charge on any atom is 0.194 e. The van der Waals surface area contributed by atoms with Gasteiger partial charge in [-0.25, -0.2) is 5.01 Å². The second-order valence-corrected chi connectivity index (χ2v) is 7.96. The summed E-state index contributed by atoms with van der Waals surface area (Å²) in [5, 5.41) is 13.0. The predicted octanol–water partition coefficient (Wildman–Crippen LogP) is 6.60. The lowest BCUT2D eigenvalue weighted by molar-refractivity contribution is 0.449.